The van der Waals surface area contributed by atoms with E-state index in [-0.39, 0.29) is 5.75 Å². The van der Waals surface area contributed by atoms with Crippen molar-refractivity contribution in [1.82, 2.24) is 4.98 Å². The Morgan fingerprint density at radius 1 is 1.28 bits per heavy atom. The van der Waals surface area contributed by atoms with Gasteiger partial charge >= 0.3 is 6.36 Å². The van der Waals surface area contributed by atoms with Crippen LogP contribution >= 0.6 is 0 Å². The molecule has 2 rings (SSSR count). The van der Waals surface area contributed by atoms with Crippen LogP contribution in [0, 0.1) is 0 Å². The molecule has 0 unspecified atom stereocenters. The number of fused-ring (bicyclic) bond motifs is 1. The number of pyridine rings is 1. The van der Waals surface area contributed by atoms with Gasteiger partial charge in [0, 0.05) is 23.8 Å². The summed E-state index contributed by atoms with van der Waals surface area (Å²) in [4.78, 5) is 4.08. The fourth-order valence-electron chi connectivity index (χ4n) is 1.67. The smallest absolute Gasteiger partial charge is 0.406 e. The second-order valence-electron chi connectivity index (χ2n) is 3.62. The number of aromatic nitrogens is 1. The van der Waals surface area contributed by atoms with Gasteiger partial charge in [-0.25, -0.2) is 0 Å². The van der Waals surface area contributed by atoms with Gasteiger partial charge in [0.15, 0.2) is 0 Å². The third-order valence-corrected chi connectivity index (χ3v) is 2.31. The lowest BCUT2D eigenvalue weighted by Crippen LogP contribution is -2.17. The second kappa shape index (κ2) is 4.72. The van der Waals surface area contributed by atoms with Gasteiger partial charge in [0.1, 0.15) is 5.75 Å². The van der Waals surface area contributed by atoms with Crippen molar-refractivity contribution in [3.63, 3.8) is 0 Å². The van der Waals surface area contributed by atoms with Gasteiger partial charge in [-0.05, 0) is 31.2 Å². The summed E-state index contributed by atoms with van der Waals surface area (Å²) in [6.45, 7) is 2.58. The summed E-state index contributed by atoms with van der Waals surface area (Å²) in [6, 6.07) is 5.78. The largest absolute Gasteiger partial charge is 0.573 e. The summed E-state index contributed by atoms with van der Waals surface area (Å²) in [6.07, 6.45) is -3.08. The Bertz CT molecular complexity index is 555. The van der Waals surface area contributed by atoms with E-state index in [1.54, 1.807) is 12.3 Å². The van der Waals surface area contributed by atoms with Crippen molar-refractivity contribution in [2.24, 2.45) is 0 Å². The first kappa shape index (κ1) is 12.5. The Labute approximate surface area is 102 Å². The van der Waals surface area contributed by atoms with Gasteiger partial charge in [-0.1, -0.05) is 0 Å². The van der Waals surface area contributed by atoms with Gasteiger partial charge in [-0.15, -0.1) is 13.2 Å². The van der Waals surface area contributed by atoms with Crippen LogP contribution in [0.5, 0.6) is 5.75 Å². The number of hydrogen-bond donors (Lipinski definition) is 1. The minimum Gasteiger partial charge on any atom is -0.406 e. The molecule has 1 heterocycles. The molecule has 0 fully saturated rings. The Kier molecular flexibility index (Phi) is 3.27. The molecule has 6 heteroatoms. The first-order chi connectivity index (χ1) is 8.49. The van der Waals surface area contributed by atoms with E-state index in [0.717, 1.165) is 5.69 Å². The molecule has 0 bridgehead atoms. The molecule has 2 aromatic rings. The van der Waals surface area contributed by atoms with Crippen LogP contribution in [-0.2, 0) is 0 Å². The Balaban J connectivity index is 2.45. The van der Waals surface area contributed by atoms with Crippen molar-refractivity contribution < 1.29 is 17.9 Å². The molecule has 0 atom stereocenters. The first-order valence-electron chi connectivity index (χ1n) is 5.38. The highest BCUT2D eigenvalue weighted by Gasteiger charge is 2.31. The maximum Gasteiger partial charge on any atom is 0.573 e. The van der Waals surface area contributed by atoms with Crippen LogP contribution in [0.3, 0.4) is 0 Å². The summed E-state index contributed by atoms with van der Waals surface area (Å²) < 4.78 is 40.3. The van der Waals surface area contributed by atoms with Gasteiger partial charge in [-0.2, -0.15) is 0 Å². The average molecular weight is 256 g/mol. The summed E-state index contributed by atoms with van der Waals surface area (Å²) in [7, 11) is 0. The quantitative estimate of drug-likeness (QED) is 0.911. The average Bonchev–Trinajstić information content (AvgIpc) is 2.28. The van der Waals surface area contributed by atoms with Crippen molar-refractivity contribution in [2.75, 3.05) is 11.9 Å². The predicted molar refractivity (Wildman–Crippen MR) is 62.6 cm³/mol. The predicted octanol–water partition coefficient (Wildman–Crippen LogP) is 3.57. The molecule has 0 aliphatic rings. The highest BCUT2D eigenvalue weighted by molar-refractivity contribution is 5.92. The van der Waals surface area contributed by atoms with Crippen LogP contribution in [0.25, 0.3) is 10.9 Å². The SMILES string of the molecule is CCNc1ccnc2ccc(OC(F)(F)F)cc12. The summed E-state index contributed by atoms with van der Waals surface area (Å²) in [5, 5.41) is 3.66. The van der Waals surface area contributed by atoms with Crippen LogP contribution in [0.15, 0.2) is 30.5 Å². The maximum absolute atomic E-state index is 12.1. The zero-order valence-electron chi connectivity index (χ0n) is 9.58. The van der Waals surface area contributed by atoms with Crippen molar-refractivity contribution in [3.05, 3.63) is 30.5 Å². The van der Waals surface area contributed by atoms with Crippen LogP contribution in [0.1, 0.15) is 6.92 Å². The normalized spacial score (nSPS) is 11.6. The standard InChI is InChI=1S/C12H11F3N2O/c1-2-16-11-5-6-17-10-4-3-8(7-9(10)11)18-12(13,14)15/h3-7H,2H2,1H3,(H,16,17). The lowest BCUT2D eigenvalue weighted by atomic mass is 10.2. The highest BCUT2D eigenvalue weighted by Crippen LogP contribution is 2.29. The monoisotopic (exact) mass is 256 g/mol. The minimum absolute atomic E-state index is 0.248. The minimum atomic E-state index is -4.69. The second-order valence-corrected chi connectivity index (χ2v) is 3.62. The molecule has 0 radical (unpaired) electrons. The van der Waals surface area contributed by atoms with Crippen LogP contribution in [0.2, 0.25) is 0 Å². The van der Waals surface area contributed by atoms with Gasteiger partial charge in [0.25, 0.3) is 0 Å². The van der Waals surface area contributed by atoms with E-state index in [4.69, 9.17) is 0 Å². The van der Waals surface area contributed by atoms with E-state index in [0.29, 0.717) is 17.4 Å². The lowest BCUT2D eigenvalue weighted by molar-refractivity contribution is -0.274. The van der Waals surface area contributed by atoms with E-state index in [1.165, 1.54) is 18.2 Å². The number of benzene rings is 1. The van der Waals surface area contributed by atoms with Gasteiger partial charge in [0.2, 0.25) is 0 Å². The van der Waals surface area contributed by atoms with Crippen LogP contribution in [-0.4, -0.2) is 17.9 Å². The molecule has 0 aliphatic carbocycles. The topological polar surface area (TPSA) is 34.2 Å². The number of nitrogens with zero attached hydrogens (tertiary/aromatic N) is 1. The number of ether oxygens (including phenoxy) is 1. The van der Waals surface area contributed by atoms with Crippen LogP contribution in [0.4, 0.5) is 18.9 Å². The first-order valence-corrected chi connectivity index (χ1v) is 5.38. The Hall–Kier alpha value is -1.98. The number of rotatable bonds is 3. The molecule has 1 aromatic heterocycles. The molecule has 18 heavy (non-hydrogen) atoms. The number of alkyl halides is 3. The molecule has 1 aromatic carbocycles. The molecule has 3 nitrogen and oxygen atoms in total. The fraction of sp³-hybridized carbons (Fsp3) is 0.250. The van der Waals surface area contributed by atoms with Gasteiger partial charge in [0.05, 0.1) is 5.52 Å². The van der Waals surface area contributed by atoms with Crippen LogP contribution < -0.4 is 10.1 Å². The number of halogens is 3. The third kappa shape index (κ3) is 2.82. The van der Waals surface area contributed by atoms with E-state index in [1.807, 2.05) is 6.92 Å². The molecule has 96 valence electrons. The molecule has 0 saturated heterocycles. The fourth-order valence-corrected chi connectivity index (χ4v) is 1.67. The zero-order valence-corrected chi connectivity index (χ0v) is 9.58. The Morgan fingerprint density at radius 2 is 2.06 bits per heavy atom. The lowest BCUT2D eigenvalue weighted by Gasteiger charge is -2.11. The van der Waals surface area contributed by atoms with Gasteiger partial charge in [-0.3, -0.25) is 4.98 Å². The molecular formula is C12H11F3N2O. The van der Waals surface area contributed by atoms with Crippen molar-refractivity contribution >= 4 is 16.6 Å². The summed E-state index contributed by atoms with van der Waals surface area (Å²) in [5.41, 5.74) is 1.35. The molecule has 0 saturated carbocycles. The summed E-state index contributed by atoms with van der Waals surface area (Å²) in [5.74, 6) is -0.248. The molecule has 0 aliphatic heterocycles. The maximum atomic E-state index is 12.1. The number of nitrogens with one attached hydrogen (secondary N) is 1. The van der Waals surface area contributed by atoms with Gasteiger partial charge < -0.3 is 10.1 Å². The number of anilines is 1. The molecular weight excluding hydrogens is 245 g/mol. The highest BCUT2D eigenvalue weighted by atomic mass is 19.4. The third-order valence-electron chi connectivity index (χ3n) is 2.31. The molecule has 0 spiro atoms. The number of hydrogen-bond acceptors (Lipinski definition) is 3. The Morgan fingerprint density at radius 3 is 2.72 bits per heavy atom. The van der Waals surface area contributed by atoms with E-state index in [9.17, 15) is 13.2 Å². The summed E-state index contributed by atoms with van der Waals surface area (Å²) >= 11 is 0. The zero-order chi connectivity index (χ0) is 13.2. The van der Waals surface area contributed by atoms with Crippen molar-refractivity contribution in [3.8, 4) is 5.75 Å². The molecule has 1 N–H and O–H groups in total. The van der Waals surface area contributed by atoms with Crippen molar-refractivity contribution in [2.45, 2.75) is 13.3 Å². The van der Waals surface area contributed by atoms with E-state index < -0.39 is 6.36 Å². The van der Waals surface area contributed by atoms with E-state index >= 15 is 0 Å². The van der Waals surface area contributed by atoms with Crippen molar-refractivity contribution in [1.29, 1.82) is 0 Å². The molecule has 0 amide bonds. The van der Waals surface area contributed by atoms with E-state index in [2.05, 4.69) is 15.0 Å².